The van der Waals surface area contributed by atoms with Crippen LogP contribution >= 0.6 is 0 Å². The quantitative estimate of drug-likeness (QED) is 0.322. The van der Waals surface area contributed by atoms with E-state index < -0.39 is 0 Å². The zero-order valence-corrected chi connectivity index (χ0v) is 7.05. The van der Waals surface area contributed by atoms with Gasteiger partial charge in [-0.25, -0.2) is 0 Å². The predicted molar refractivity (Wildman–Crippen MR) is 27.3 cm³/mol. The molecule has 0 unspecified atom stereocenters. The number of nitrogens with zero attached hydrogens (tertiary/aromatic N) is 6. The molecule has 13 heavy (non-hydrogen) atoms. The second kappa shape index (κ2) is 129. The van der Waals surface area contributed by atoms with Gasteiger partial charge in [0.1, 0.15) is 0 Å². The number of hydrogen-bond donors (Lipinski definition) is 0. The normalized spacial score (nSPS) is 0.923. The van der Waals surface area contributed by atoms with Crippen molar-refractivity contribution in [1.82, 2.24) is 0 Å². The third-order valence-electron chi connectivity index (χ3n) is 0. The van der Waals surface area contributed by atoms with Gasteiger partial charge in [0, 0.05) is 0 Å². The van der Waals surface area contributed by atoms with E-state index in [0.717, 1.165) is 0 Å². The van der Waals surface area contributed by atoms with Gasteiger partial charge in [0.2, 0.25) is 0 Å². The summed E-state index contributed by atoms with van der Waals surface area (Å²) in [7, 11) is 0. The molecule has 7 nitrogen and oxygen atoms in total. The monoisotopic (exact) mass is 216 g/mol. The van der Waals surface area contributed by atoms with Crippen LogP contribution in [-0.4, -0.2) is 0 Å². The van der Waals surface area contributed by atoms with Crippen LogP contribution in [0.1, 0.15) is 0 Å². The molecule has 0 aromatic carbocycles. The Morgan fingerprint density at radius 3 is 0.462 bits per heavy atom. The maximum absolute atomic E-state index is 7.25. The number of rotatable bonds is 0. The van der Waals surface area contributed by atoms with Crippen molar-refractivity contribution in [3.63, 3.8) is 0 Å². The summed E-state index contributed by atoms with van der Waals surface area (Å²) < 4.78 is 7.25. The minimum absolute atomic E-state index is 0. The molecule has 0 heterocycles. The van der Waals surface area contributed by atoms with Gasteiger partial charge in [0.05, 0.1) is 0 Å². The van der Waals surface area contributed by atoms with Gasteiger partial charge in [0.25, 0.3) is 0 Å². The molecule has 1 radical (unpaired) electrons. The molecule has 0 aromatic rings. The van der Waals surface area contributed by atoms with Gasteiger partial charge in [-0.15, -0.1) is 0 Å². The molecule has 0 N–H and O–H groups in total. The molecule has 0 saturated carbocycles. The van der Waals surface area contributed by atoms with Crippen molar-refractivity contribution < 1.29 is 21.8 Å². The second-order valence-corrected chi connectivity index (χ2v) is 0. The summed E-state index contributed by atoms with van der Waals surface area (Å²) in [6.07, 6.45) is 0. The molecule has 0 fully saturated rings. The van der Waals surface area contributed by atoms with Gasteiger partial charge in [0.15, 0.2) is 0 Å². The second-order valence-electron chi connectivity index (χ2n) is 0. The van der Waals surface area contributed by atoms with Crippen molar-refractivity contribution in [1.29, 1.82) is 31.8 Å². The van der Waals surface area contributed by atoms with Crippen molar-refractivity contribution in [2.24, 2.45) is 0 Å². The smallest absolute Gasteiger partial charge is 0.512 e. The number of hydrogen-bond acceptors (Lipinski definition) is 6. The first-order valence-electron chi connectivity index (χ1n) is 1.30. The van der Waals surface area contributed by atoms with E-state index in [1.807, 2.05) is 0 Å². The molecule has 0 aliphatic carbocycles. The van der Waals surface area contributed by atoms with Crippen LogP contribution in [0.3, 0.4) is 0 Å². The van der Waals surface area contributed by atoms with Gasteiger partial charge in [-0.1, -0.05) is 0 Å². The van der Waals surface area contributed by atoms with Crippen LogP contribution in [0, 0.1) is 64.6 Å². The fourth-order valence-corrected chi connectivity index (χ4v) is 0. The molecule has 63 valence electrons. The predicted octanol–water partition coefficient (Wildman–Crippen LogP) is 0.376. The van der Waals surface area contributed by atoms with E-state index in [0.29, 0.717) is 0 Å². The standard InChI is InChI=1S/5CN.Fe.NO/c5*1-2;;1-2/q5*-1;+5;+1. The molecule has 0 amide bonds. The van der Waals surface area contributed by atoms with Crippen molar-refractivity contribution in [3.05, 3.63) is 32.9 Å². The summed E-state index contributed by atoms with van der Waals surface area (Å²) in [4.78, 5) is 0. The van der Waals surface area contributed by atoms with Crippen molar-refractivity contribution >= 4 is 0 Å². The van der Waals surface area contributed by atoms with Gasteiger partial charge in [-0.05, 0) is 0 Å². The fourth-order valence-electron chi connectivity index (χ4n) is 0. The van der Waals surface area contributed by atoms with Crippen LogP contribution < -0.4 is 0 Å². The van der Waals surface area contributed by atoms with Crippen LogP contribution in [0.15, 0.2) is 0 Å². The fraction of sp³-hybridized carbons (Fsp3) is 0. The van der Waals surface area contributed by atoms with E-state index >= 15 is 0 Å². The molecule has 0 bridgehead atoms. The molecule has 0 saturated heterocycles. The minimum atomic E-state index is 0. The van der Waals surface area contributed by atoms with Gasteiger partial charge in [-0.3, -0.25) is 0 Å². The van der Waals surface area contributed by atoms with Gasteiger partial charge >= 0.3 is 27.3 Å². The van der Waals surface area contributed by atoms with Crippen molar-refractivity contribution in [2.45, 2.75) is 0 Å². The Morgan fingerprint density at radius 2 is 0.462 bits per heavy atom. The Bertz CT molecular complexity index is 96.0. The van der Waals surface area contributed by atoms with Gasteiger partial charge < -0.3 is 59.2 Å². The van der Waals surface area contributed by atoms with E-state index in [-0.39, 0.29) is 17.1 Å². The largest absolute Gasteiger partial charge is 5.00 e. The molecular formula is C5FeN6O+. The van der Waals surface area contributed by atoms with Crippen molar-refractivity contribution in [3.8, 4) is 0 Å². The Labute approximate surface area is 87.0 Å². The average molecular weight is 216 g/mol. The third kappa shape index (κ3) is 101. The Kier molecular flexibility index (Phi) is 741. The summed E-state index contributed by atoms with van der Waals surface area (Å²) in [6.45, 7) is 23.8. The SMILES string of the molecule is N#[O+].[C-]#N.[C-]#N.[C-]#N.[C-]#N.[C-]#N.[Fe+5]. The molecule has 0 atom stereocenters. The van der Waals surface area contributed by atoms with Crippen molar-refractivity contribution in [2.75, 3.05) is 0 Å². The van der Waals surface area contributed by atoms with Crippen LogP contribution in [-0.2, 0) is 21.8 Å². The first-order chi connectivity index (χ1) is 6.00. The third-order valence-corrected chi connectivity index (χ3v) is 0. The topological polar surface area (TPSA) is 163 Å². The molecule has 0 spiro atoms. The maximum Gasteiger partial charge on any atom is 5.00 e. The Hall–Kier alpha value is -2.36. The summed E-state index contributed by atoms with van der Waals surface area (Å²) in [5.41, 5.74) is 5.75. The molecule has 0 aliphatic heterocycles. The summed E-state index contributed by atoms with van der Waals surface area (Å²) in [5, 5.41) is 31.2. The zero-order valence-electron chi connectivity index (χ0n) is 5.95. The van der Waals surface area contributed by atoms with E-state index in [1.165, 1.54) is 0 Å². The summed E-state index contributed by atoms with van der Waals surface area (Å²) >= 11 is 0. The molecular weight excluding hydrogens is 216 g/mol. The van der Waals surface area contributed by atoms with Crippen LogP contribution in [0.4, 0.5) is 0 Å². The van der Waals surface area contributed by atoms with Crippen LogP contribution in [0.2, 0.25) is 0 Å². The van der Waals surface area contributed by atoms with E-state index in [9.17, 15) is 0 Å². The minimum Gasteiger partial charge on any atom is -0.512 e. The summed E-state index contributed by atoms with van der Waals surface area (Å²) in [5.74, 6) is 0. The van der Waals surface area contributed by atoms with E-state index in [4.69, 9.17) is 69.4 Å². The van der Waals surface area contributed by atoms with E-state index in [2.05, 4.69) is 0 Å². The Balaban J connectivity index is -0.00000000655. The first-order valence-corrected chi connectivity index (χ1v) is 1.30. The maximum atomic E-state index is 7.25. The van der Waals surface area contributed by atoms with Gasteiger partial charge in [-0.2, -0.15) is 0 Å². The molecule has 8 heteroatoms. The molecule has 0 aliphatic rings. The zero-order chi connectivity index (χ0) is 12.0. The molecule has 0 aromatic heterocycles. The molecule has 0 rings (SSSR count). The van der Waals surface area contributed by atoms with Crippen LogP contribution in [0.5, 0.6) is 0 Å². The summed E-state index contributed by atoms with van der Waals surface area (Å²) in [6, 6.07) is 0. The Morgan fingerprint density at radius 1 is 0.462 bits per heavy atom. The first kappa shape index (κ1) is 74.6. The average Bonchev–Trinajstić information content (AvgIpc) is 2.33. The van der Waals surface area contributed by atoms with E-state index in [1.54, 1.807) is 0 Å². The van der Waals surface area contributed by atoms with Crippen LogP contribution in [0.25, 0.3) is 0 Å².